The molecule has 0 bridgehead atoms. The Morgan fingerprint density at radius 3 is 2.64 bits per heavy atom. The van der Waals surface area contributed by atoms with Gasteiger partial charge in [-0.25, -0.2) is 9.37 Å². The van der Waals surface area contributed by atoms with E-state index in [0.717, 1.165) is 25.2 Å². The summed E-state index contributed by atoms with van der Waals surface area (Å²) in [5.41, 5.74) is 2.66. The minimum Gasteiger partial charge on any atom is -0.354 e. The highest BCUT2D eigenvalue weighted by Crippen LogP contribution is 2.25. The summed E-state index contributed by atoms with van der Waals surface area (Å²) in [6.45, 7) is 3.46. The van der Waals surface area contributed by atoms with E-state index in [1.165, 1.54) is 6.07 Å². The summed E-state index contributed by atoms with van der Waals surface area (Å²) >= 11 is 0. The number of nitrogens with zero attached hydrogens (tertiary/aromatic N) is 4. The van der Waals surface area contributed by atoms with E-state index < -0.39 is 0 Å². The molecule has 0 radical (unpaired) electrons. The van der Waals surface area contributed by atoms with Crippen LogP contribution in [0.15, 0.2) is 48.7 Å². The van der Waals surface area contributed by atoms with E-state index in [1.54, 1.807) is 19.2 Å². The van der Waals surface area contributed by atoms with Gasteiger partial charge < -0.3 is 15.5 Å². The minimum atomic E-state index is -0.258. The van der Waals surface area contributed by atoms with Crippen LogP contribution in [0.5, 0.6) is 0 Å². The predicted molar refractivity (Wildman–Crippen MR) is 111 cm³/mol. The zero-order valence-electron chi connectivity index (χ0n) is 16.4. The Bertz CT molecular complexity index is 914. The van der Waals surface area contributed by atoms with Crippen molar-refractivity contribution in [3.05, 3.63) is 60.0 Å². The molecule has 1 aromatic carbocycles. The number of anilines is 3. The molecule has 3 aromatic rings. The number of halogens is 1. The lowest BCUT2D eigenvalue weighted by atomic mass is 10.2. The van der Waals surface area contributed by atoms with E-state index in [9.17, 15) is 4.39 Å². The molecular weight excluding hydrogens is 355 g/mol. The molecule has 0 unspecified atom stereocenters. The fourth-order valence-electron chi connectivity index (χ4n) is 2.71. The van der Waals surface area contributed by atoms with Crippen LogP contribution in [-0.2, 0) is 0 Å². The summed E-state index contributed by atoms with van der Waals surface area (Å²) < 4.78 is 13.9. The second-order valence-corrected chi connectivity index (χ2v) is 6.80. The number of pyridine rings is 1. The van der Waals surface area contributed by atoms with Gasteiger partial charge in [0.25, 0.3) is 0 Å². The number of aromatic nitrogens is 3. The quantitative estimate of drug-likeness (QED) is 0.574. The first kappa shape index (κ1) is 19.7. The molecule has 0 spiro atoms. The van der Waals surface area contributed by atoms with Crippen molar-refractivity contribution in [1.82, 2.24) is 19.9 Å². The van der Waals surface area contributed by atoms with Crippen LogP contribution in [-0.4, -0.2) is 47.0 Å². The van der Waals surface area contributed by atoms with Crippen LogP contribution in [0, 0.1) is 12.7 Å². The first-order chi connectivity index (χ1) is 13.5. The van der Waals surface area contributed by atoms with Gasteiger partial charge in [0.1, 0.15) is 11.6 Å². The molecule has 0 saturated carbocycles. The molecule has 7 heteroatoms. The molecule has 2 N–H and O–H groups in total. The van der Waals surface area contributed by atoms with Crippen LogP contribution < -0.4 is 10.6 Å². The van der Waals surface area contributed by atoms with Crippen molar-refractivity contribution < 1.29 is 4.39 Å². The lowest BCUT2D eigenvalue weighted by Crippen LogP contribution is -2.17. The van der Waals surface area contributed by atoms with Crippen LogP contribution in [0.4, 0.5) is 21.8 Å². The lowest BCUT2D eigenvalue weighted by Gasteiger charge is -2.13. The van der Waals surface area contributed by atoms with Crippen molar-refractivity contribution in [1.29, 1.82) is 0 Å². The number of hydrogen-bond donors (Lipinski definition) is 2. The highest BCUT2D eigenvalue weighted by molar-refractivity contribution is 5.66. The molecule has 0 atom stereocenters. The van der Waals surface area contributed by atoms with Crippen LogP contribution in [0.25, 0.3) is 11.4 Å². The molecule has 2 aromatic heterocycles. The smallest absolute Gasteiger partial charge is 0.225 e. The molecule has 28 heavy (non-hydrogen) atoms. The zero-order valence-corrected chi connectivity index (χ0v) is 16.4. The number of rotatable bonds is 8. The maximum atomic E-state index is 13.9. The van der Waals surface area contributed by atoms with E-state index in [0.29, 0.717) is 28.7 Å². The first-order valence-electron chi connectivity index (χ1n) is 9.24. The summed E-state index contributed by atoms with van der Waals surface area (Å²) in [6, 6.07) is 12.4. The topological polar surface area (TPSA) is 66.0 Å². The van der Waals surface area contributed by atoms with Crippen molar-refractivity contribution in [3.63, 3.8) is 0 Å². The zero-order chi connectivity index (χ0) is 19.9. The van der Waals surface area contributed by atoms with E-state index >= 15 is 0 Å². The van der Waals surface area contributed by atoms with Crippen LogP contribution in [0.3, 0.4) is 0 Å². The second kappa shape index (κ2) is 9.23. The van der Waals surface area contributed by atoms with Gasteiger partial charge in [-0.15, -0.1) is 0 Å². The Balaban J connectivity index is 1.87. The Kier molecular flexibility index (Phi) is 6.49. The third kappa shape index (κ3) is 5.23. The molecule has 0 fully saturated rings. The fraction of sp³-hybridized carbons (Fsp3) is 0.286. The summed E-state index contributed by atoms with van der Waals surface area (Å²) in [5.74, 6) is 0.837. The van der Waals surface area contributed by atoms with Crippen LogP contribution >= 0.6 is 0 Å². The first-order valence-corrected chi connectivity index (χ1v) is 9.24. The third-order valence-corrected chi connectivity index (χ3v) is 4.25. The molecule has 3 rings (SSSR count). The molecule has 0 aliphatic rings. The minimum absolute atomic E-state index is 0.258. The van der Waals surface area contributed by atoms with Gasteiger partial charge in [0, 0.05) is 30.1 Å². The average molecular weight is 380 g/mol. The molecule has 0 aliphatic heterocycles. The average Bonchev–Trinajstić information content (AvgIpc) is 2.69. The standard InChI is InChI=1S/C21H25FN6/c1-15-16(22)8-6-10-17(15)25-20-14-19(18-9-4-5-11-23-18)26-21(27-20)24-12-7-13-28(2)3/h4-6,8-11,14H,7,12-13H2,1-3H3,(H2,24,25,26,27). The van der Waals surface area contributed by atoms with Crippen molar-refractivity contribution >= 4 is 17.5 Å². The largest absolute Gasteiger partial charge is 0.354 e. The van der Waals surface area contributed by atoms with Gasteiger partial charge in [-0.1, -0.05) is 12.1 Å². The molecule has 146 valence electrons. The highest BCUT2D eigenvalue weighted by Gasteiger charge is 2.10. The maximum Gasteiger partial charge on any atom is 0.225 e. The van der Waals surface area contributed by atoms with Gasteiger partial charge in [0.05, 0.1) is 11.4 Å². The molecule has 0 amide bonds. The Morgan fingerprint density at radius 2 is 1.89 bits per heavy atom. The molecule has 2 heterocycles. The molecule has 0 aliphatic carbocycles. The Labute approximate surface area is 164 Å². The van der Waals surface area contributed by atoms with Gasteiger partial charge in [-0.2, -0.15) is 4.98 Å². The number of nitrogens with one attached hydrogen (secondary N) is 2. The molecular formula is C21H25FN6. The Hall–Kier alpha value is -3.06. The fourth-order valence-corrected chi connectivity index (χ4v) is 2.71. The van der Waals surface area contributed by atoms with E-state index in [-0.39, 0.29) is 5.82 Å². The second-order valence-electron chi connectivity index (χ2n) is 6.80. The Morgan fingerprint density at radius 1 is 1.04 bits per heavy atom. The number of benzene rings is 1. The summed E-state index contributed by atoms with van der Waals surface area (Å²) in [4.78, 5) is 15.6. The SMILES string of the molecule is Cc1c(F)cccc1Nc1cc(-c2ccccn2)nc(NCCCN(C)C)n1. The van der Waals surface area contributed by atoms with Gasteiger partial charge in [-0.3, -0.25) is 4.98 Å². The van der Waals surface area contributed by atoms with E-state index in [2.05, 4.69) is 30.5 Å². The van der Waals surface area contributed by atoms with Crippen molar-refractivity contribution in [2.45, 2.75) is 13.3 Å². The highest BCUT2D eigenvalue weighted by atomic mass is 19.1. The van der Waals surface area contributed by atoms with E-state index in [1.807, 2.05) is 44.4 Å². The van der Waals surface area contributed by atoms with Crippen LogP contribution in [0.2, 0.25) is 0 Å². The van der Waals surface area contributed by atoms with Crippen molar-refractivity contribution in [2.75, 3.05) is 37.8 Å². The summed E-state index contributed by atoms with van der Waals surface area (Å²) in [5, 5.41) is 6.48. The van der Waals surface area contributed by atoms with Crippen LogP contribution in [0.1, 0.15) is 12.0 Å². The van der Waals surface area contributed by atoms with Gasteiger partial charge in [0.2, 0.25) is 5.95 Å². The monoisotopic (exact) mass is 380 g/mol. The van der Waals surface area contributed by atoms with E-state index in [4.69, 9.17) is 0 Å². The third-order valence-electron chi connectivity index (χ3n) is 4.25. The summed E-state index contributed by atoms with van der Waals surface area (Å²) in [7, 11) is 4.09. The lowest BCUT2D eigenvalue weighted by molar-refractivity contribution is 0.405. The normalized spacial score (nSPS) is 10.9. The summed E-state index contributed by atoms with van der Waals surface area (Å²) in [6.07, 6.45) is 2.70. The van der Waals surface area contributed by atoms with Gasteiger partial charge >= 0.3 is 0 Å². The molecule has 6 nitrogen and oxygen atoms in total. The number of hydrogen-bond acceptors (Lipinski definition) is 6. The molecule has 0 saturated heterocycles. The van der Waals surface area contributed by atoms with Crippen molar-refractivity contribution in [3.8, 4) is 11.4 Å². The predicted octanol–water partition coefficient (Wildman–Crippen LogP) is 4.09. The van der Waals surface area contributed by atoms with Crippen molar-refractivity contribution in [2.24, 2.45) is 0 Å². The van der Waals surface area contributed by atoms with Gasteiger partial charge in [-0.05, 0) is 58.3 Å². The maximum absolute atomic E-state index is 13.9. The van der Waals surface area contributed by atoms with Gasteiger partial charge in [0.15, 0.2) is 0 Å².